The van der Waals surface area contributed by atoms with Gasteiger partial charge in [-0.3, -0.25) is 9.69 Å². The van der Waals surface area contributed by atoms with Gasteiger partial charge in [0.2, 0.25) is 0 Å². The van der Waals surface area contributed by atoms with Crippen LogP contribution in [-0.2, 0) is 4.79 Å². The third-order valence-corrected chi connectivity index (χ3v) is 5.29. The molecule has 146 valence electrons. The van der Waals surface area contributed by atoms with Gasteiger partial charge in [-0.2, -0.15) is 0 Å². The highest BCUT2D eigenvalue weighted by atomic mass is 32.2. The van der Waals surface area contributed by atoms with E-state index in [1.165, 1.54) is 11.8 Å². The number of thioether (sulfide) groups is 1. The number of ether oxygens (including phenoxy) is 1. The van der Waals surface area contributed by atoms with Crippen molar-refractivity contribution in [2.45, 2.75) is 13.8 Å². The summed E-state index contributed by atoms with van der Waals surface area (Å²) in [6.45, 7) is 5.13. The molecule has 0 atom stereocenters. The van der Waals surface area contributed by atoms with Gasteiger partial charge < -0.3 is 9.64 Å². The van der Waals surface area contributed by atoms with Gasteiger partial charge in [-0.25, -0.2) is 4.99 Å². The summed E-state index contributed by atoms with van der Waals surface area (Å²) in [7, 11) is 4.01. The van der Waals surface area contributed by atoms with E-state index >= 15 is 0 Å². The minimum absolute atomic E-state index is 0.00567. The Balaban J connectivity index is 1.83. The largest absolute Gasteiger partial charge is 0.494 e. The smallest absolute Gasteiger partial charge is 0.266 e. The first-order valence-corrected chi connectivity index (χ1v) is 10.1. The zero-order valence-corrected chi connectivity index (χ0v) is 17.5. The van der Waals surface area contributed by atoms with E-state index in [-0.39, 0.29) is 5.91 Å². The SMILES string of the molecule is CCOc1ccc(N=C2S/C(=C/c3ccc(N(C)C)cc3)C(=O)N2CC)cc1. The van der Waals surface area contributed by atoms with Crippen LogP contribution in [0.1, 0.15) is 19.4 Å². The highest BCUT2D eigenvalue weighted by Gasteiger charge is 2.32. The van der Waals surface area contributed by atoms with Gasteiger partial charge in [0.05, 0.1) is 17.2 Å². The maximum Gasteiger partial charge on any atom is 0.266 e. The van der Waals surface area contributed by atoms with Crippen molar-refractivity contribution in [3.63, 3.8) is 0 Å². The number of carbonyl (C=O) groups is 1. The van der Waals surface area contributed by atoms with Crippen LogP contribution in [0.2, 0.25) is 0 Å². The van der Waals surface area contributed by atoms with Gasteiger partial charge in [-0.05, 0) is 73.6 Å². The van der Waals surface area contributed by atoms with Crippen LogP contribution < -0.4 is 9.64 Å². The summed E-state index contributed by atoms with van der Waals surface area (Å²) in [5.74, 6) is 0.810. The van der Waals surface area contributed by atoms with E-state index < -0.39 is 0 Å². The number of hydrogen-bond donors (Lipinski definition) is 0. The second kappa shape index (κ2) is 8.97. The molecule has 0 aromatic heterocycles. The number of amides is 1. The molecule has 1 amide bonds. The molecule has 28 heavy (non-hydrogen) atoms. The lowest BCUT2D eigenvalue weighted by atomic mass is 10.2. The van der Waals surface area contributed by atoms with Crippen LogP contribution in [0.4, 0.5) is 11.4 Å². The molecule has 0 saturated carbocycles. The first-order valence-electron chi connectivity index (χ1n) is 9.32. The van der Waals surface area contributed by atoms with Crippen LogP contribution in [0.15, 0.2) is 58.4 Å². The van der Waals surface area contributed by atoms with Crippen LogP contribution in [-0.4, -0.2) is 43.2 Å². The molecular formula is C22H25N3O2S. The zero-order valence-electron chi connectivity index (χ0n) is 16.7. The van der Waals surface area contributed by atoms with Crippen LogP contribution in [0, 0.1) is 0 Å². The van der Waals surface area contributed by atoms with E-state index in [0.717, 1.165) is 22.7 Å². The molecule has 0 bridgehead atoms. The monoisotopic (exact) mass is 395 g/mol. The standard InChI is InChI=1S/C22H25N3O2S/c1-5-25-21(26)20(15-16-7-11-18(12-8-16)24(3)4)28-22(25)23-17-9-13-19(14-10-17)27-6-2/h7-15H,5-6H2,1-4H3/b20-15+,23-22?. The van der Waals surface area contributed by atoms with Crippen molar-refractivity contribution < 1.29 is 9.53 Å². The number of rotatable bonds is 6. The van der Waals surface area contributed by atoms with Crippen molar-refractivity contribution in [1.29, 1.82) is 0 Å². The summed E-state index contributed by atoms with van der Waals surface area (Å²) >= 11 is 1.41. The molecule has 1 heterocycles. The number of nitrogens with zero attached hydrogens (tertiary/aromatic N) is 3. The summed E-state index contributed by atoms with van der Waals surface area (Å²) in [5, 5.41) is 0.702. The van der Waals surface area contributed by atoms with E-state index in [9.17, 15) is 4.79 Å². The summed E-state index contributed by atoms with van der Waals surface area (Å²) in [6, 6.07) is 15.7. The van der Waals surface area contributed by atoms with Crippen molar-refractivity contribution >= 4 is 40.3 Å². The molecule has 1 fully saturated rings. The van der Waals surface area contributed by atoms with E-state index in [1.807, 2.05) is 87.4 Å². The third kappa shape index (κ3) is 4.57. The van der Waals surface area contributed by atoms with Gasteiger partial charge in [0.1, 0.15) is 5.75 Å². The van der Waals surface area contributed by atoms with Crippen molar-refractivity contribution in [2.75, 3.05) is 32.1 Å². The number of carbonyl (C=O) groups excluding carboxylic acids is 1. The number of benzene rings is 2. The molecule has 5 nitrogen and oxygen atoms in total. The number of anilines is 1. The molecule has 1 aliphatic rings. The molecule has 6 heteroatoms. The van der Waals surface area contributed by atoms with E-state index in [1.54, 1.807) is 4.90 Å². The van der Waals surface area contributed by atoms with Gasteiger partial charge in [0.25, 0.3) is 5.91 Å². The fourth-order valence-corrected chi connectivity index (χ4v) is 3.85. The van der Waals surface area contributed by atoms with Crippen molar-refractivity contribution in [3.05, 3.63) is 59.0 Å². The molecule has 2 aromatic carbocycles. The Labute approximate surface area is 170 Å². The number of hydrogen-bond acceptors (Lipinski definition) is 5. The Morgan fingerprint density at radius 1 is 1.07 bits per heavy atom. The van der Waals surface area contributed by atoms with Crippen molar-refractivity contribution in [1.82, 2.24) is 4.90 Å². The van der Waals surface area contributed by atoms with Gasteiger partial charge in [0, 0.05) is 26.3 Å². The van der Waals surface area contributed by atoms with Crippen LogP contribution >= 0.6 is 11.8 Å². The topological polar surface area (TPSA) is 45.1 Å². The molecular weight excluding hydrogens is 370 g/mol. The average molecular weight is 396 g/mol. The normalized spacial score (nSPS) is 16.9. The van der Waals surface area contributed by atoms with Crippen molar-refractivity contribution in [2.24, 2.45) is 4.99 Å². The minimum atomic E-state index is -0.00567. The summed E-state index contributed by atoms with van der Waals surface area (Å²) in [6.07, 6.45) is 1.93. The maximum absolute atomic E-state index is 12.8. The van der Waals surface area contributed by atoms with E-state index in [0.29, 0.717) is 23.2 Å². The average Bonchev–Trinajstić information content (AvgIpc) is 2.98. The fraction of sp³-hybridized carbons (Fsp3) is 0.273. The van der Waals surface area contributed by atoms with Crippen LogP contribution in [0.5, 0.6) is 5.75 Å². The van der Waals surface area contributed by atoms with E-state index in [2.05, 4.69) is 4.99 Å². The highest BCUT2D eigenvalue weighted by molar-refractivity contribution is 8.18. The summed E-state index contributed by atoms with van der Waals surface area (Å²) in [5.41, 5.74) is 2.93. The Morgan fingerprint density at radius 3 is 2.32 bits per heavy atom. The lowest BCUT2D eigenvalue weighted by Gasteiger charge is -2.12. The second-order valence-electron chi connectivity index (χ2n) is 6.47. The number of amidine groups is 1. The molecule has 2 aromatic rings. The predicted molar refractivity (Wildman–Crippen MR) is 118 cm³/mol. The lowest BCUT2D eigenvalue weighted by molar-refractivity contribution is -0.122. The molecule has 0 spiro atoms. The molecule has 0 N–H and O–H groups in total. The lowest BCUT2D eigenvalue weighted by Crippen LogP contribution is -2.28. The van der Waals surface area contributed by atoms with Gasteiger partial charge >= 0.3 is 0 Å². The first-order chi connectivity index (χ1) is 13.5. The molecule has 3 rings (SSSR count). The number of likely N-dealkylation sites (N-methyl/N-ethyl adjacent to an activating group) is 1. The third-order valence-electron chi connectivity index (χ3n) is 4.28. The van der Waals surface area contributed by atoms with Gasteiger partial charge in [-0.15, -0.1) is 0 Å². The second-order valence-corrected chi connectivity index (χ2v) is 7.48. The van der Waals surface area contributed by atoms with Crippen molar-refractivity contribution in [3.8, 4) is 5.75 Å². The molecule has 0 radical (unpaired) electrons. The van der Waals surface area contributed by atoms with Gasteiger partial charge in [0.15, 0.2) is 5.17 Å². The predicted octanol–water partition coefficient (Wildman–Crippen LogP) is 4.78. The Bertz CT molecular complexity index is 887. The maximum atomic E-state index is 12.8. The Morgan fingerprint density at radius 2 is 1.75 bits per heavy atom. The fourth-order valence-electron chi connectivity index (χ4n) is 2.78. The summed E-state index contributed by atoms with van der Waals surface area (Å²) < 4.78 is 5.47. The molecule has 0 aliphatic carbocycles. The van der Waals surface area contributed by atoms with Crippen LogP contribution in [0.3, 0.4) is 0 Å². The number of aliphatic imine (C=N–C) groups is 1. The van der Waals surface area contributed by atoms with Gasteiger partial charge in [-0.1, -0.05) is 12.1 Å². The Kier molecular flexibility index (Phi) is 6.41. The quantitative estimate of drug-likeness (QED) is 0.661. The highest BCUT2D eigenvalue weighted by Crippen LogP contribution is 2.34. The van der Waals surface area contributed by atoms with Crippen LogP contribution in [0.25, 0.3) is 6.08 Å². The molecule has 1 saturated heterocycles. The van der Waals surface area contributed by atoms with E-state index in [4.69, 9.17) is 4.74 Å². The minimum Gasteiger partial charge on any atom is -0.494 e. The first kappa shape index (κ1) is 20.0. The molecule has 1 aliphatic heterocycles. The summed E-state index contributed by atoms with van der Waals surface area (Å²) in [4.78, 5) is 21.9. The Hall–Kier alpha value is -2.73. The zero-order chi connectivity index (χ0) is 20.1. The molecule has 0 unspecified atom stereocenters.